The van der Waals surface area contributed by atoms with Gasteiger partial charge in [0.1, 0.15) is 0 Å². The van der Waals surface area contributed by atoms with Crippen molar-refractivity contribution in [3.63, 3.8) is 0 Å². The number of carboxylic acid groups (broad SMARTS) is 1. The van der Waals surface area contributed by atoms with Crippen LogP contribution in [-0.2, 0) is 9.59 Å². The fourth-order valence-corrected chi connectivity index (χ4v) is 1.06. The van der Waals surface area contributed by atoms with E-state index in [0.29, 0.717) is 5.56 Å². The van der Waals surface area contributed by atoms with Crippen LogP contribution >= 0.6 is 0 Å². The summed E-state index contributed by atoms with van der Waals surface area (Å²) in [5.41, 5.74) is 0.615. The lowest BCUT2D eigenvalue weighted by Crippen LogP contribution is -2.14. The zero-order chi connectivity index (χ0) is 11.3. The first-order valence-corrected chi connectivity index (χ1v) is 4.37. The summed E-state index contributed by atoms with van der Waals surface area (Å²) in [6.45, 7) is 1.32. The molecule has 1 rings (SSSR count). The highest BCUT2D eigenvalue weighted by Gasteiger charge is 2.09. The van der Waals surface area contributed by atoms with Gasteiger partial charge in [-0.3, -0.25) is 4.79 Å². The summed E-state index contributed by atoms with van der Waals surface area (Å²) < 4.78 is 0. The summed E-state index contributed by atoms with van der Waals surface area (Å²) in [6, 6.07) is 8.60. The van der Waals surface area contributed by atoms with Gasteiger partial charge in [0.2, 0.25) is 5.91 Å². The van der Waals surface area contributed by atoms with Gasteiger partial charge in [-0.15, -0.1) is 0 Å². The molecule has 0 radical (unpaired) electrons. The average Bonchev–Trinajstić information content (AvgIpc) is 2.18. The SMILES string of the molecule is CC(=O)N/C=C(\C(=O)O)c1ccccc1. The number of amides is 1. The van der Waals surface area contributed by atoms with Crippen molar-refractivity contribution in [1.29, 1.82) is 0 Å². The second-order valence-electron chi connectivity index (χ2n) is 2.93. The molecule has 0 fully saturated rings. The number of nitrogens with one attached hydrogen (secondary N) is 1. The van der Waals surface area contributed by atoms with E-state index in [1.807, 2.05) is 0 Å². The van der Waals surface area contributed by atoms with Crippen LogP contribution in [0.1, 0.15) is 12.5 Å². The van der Waals surface area contributed by atoms with E-state index in [4.69, 9.17) is 5.11 Å². The third-order valence-electron chi connectivity index (χ3n) is 1.73. The van der Waals surface area contributed by atoms with Crippen molar-refractivity contribution in [2.24, 2.45) is 0 Å². The number of aliphatic carboxylic acids is 1. The summed E-state index contributed by atoms with van der Waals surface area (Å²) in [6.07, 6.45) is 1.19. The summed E-state index contributed by atoms with van der Waals surface area (Å²) in [5, 5.41) is 11.3. The number of carbonyl (C=O) groups is 2. The number of carbonyl (C=O) groups excluding carboxylic acids is 1. The highest BCUT2D eigenvalue weighted by Crippen LogP contribution is 2.12. The molecule has 0 spiro atoms. The Morgan fingerprint density at radius 3 is 2.33 bits per heavy atom. The Morgan fingerprint density at radius 1 is 1.27 bits per heavy atom. The van der Waals surface area contributed by atoms with E-state index in [-0.39, 0.29) is 11.5 Å². The highest BCUT2D eigenvalue weighted by molar-refractivity contribution is 6.15. The van der Waals surface area contributed by atoms with Gasteiger partial charge in [0.25, 0.3) is 0 Å². The monoisotopic (exact) mass is 205 g/mol. The van der Waals surface area contributed by atoms with Crippen LogP contribution in [0.4, 0.5) is 0 Å². The summed E-state index contributed by atoms with van der Waals surface area (Å²) in [5.74, 6) is -1.38. The van der Waals surface area contributed by atoms with Crippen LogP contribution in [0.15, 0.2) is 36.5 Å². The molecule has 0 saturated carbocycles. The number of hydrogen-bond acceptors (Lipinski definition) is 2. The van der Waals surface area contributed by atoms with E-state index < -0.39 is 5.97 Å². The fourth-order valence-electron chi connectivity index (χ4n) is 1.06. The van der Waals surface area contributed by atoms with Gasteiger partial charge in [0.15, 0.2) is 0 Å². The topological polar surface area (TPSA) is 66.4 Å². The van der Waals surface area contributed by atoms with Gasteiger partial charge < -0.3 is 10.4 Å². The highest BCUT2D eigenvalue weighted by atomic mass is 16.4. The van der Waals surface area contributed by atoms with E-state index in [9.17, 15) is 9.59 Å². The second-order valence-corrected chi connectivity index (χ2v) is 2.93. The molecule has 1 aromatic rings. The quantitative estimate of drug-likeness (QED) is 0.730. The maximum absolute atomic E-state index is 10.9. The number of rotatable bonds is 3. The first-order valence-electron chi connectivity index (χ1n) is 4.37. The fraction of sp³-hybridized carbons (Fsp3) is 0.0909. The van der Waals surface area contributed by atoms with E-state index in [1.165, 1.54) is 13.1 Å². The first kappa shape index (κ1) is 11.0. The molecular formula is C11H11NO3. The van der Waals surface area contributed by atoms with Crippen molar-refractivity contribution in [3.8, 4) is 0 Å². The van der Waals surface area contributed by atoms with Gasteiger partial charge in [-0.05, 0) is 5.56 Å². The van der Waals surface area contributed by atoms with Crippen LogP contribution in [0.25, 0.3) is 5.57 Å². The number of carboxylic acids is 1. The maximum Gasteiger partial charge on any atom is 0.337 e. The van der Waals surface area contributed by atoms with Crippen molar-refractivity contribution < 1.29 is 14.7 Å². The lowest BCUT2D eigenvalue weighted by Gasteiger charge is -2.02. The summed E-state index contributed by atoms with van der Waals surface area (Å²) in [7, 11) is 0. The van der Waals surface area contributed by atoms with Gasteiger partial charge in [0, 0.05) is 13.1 Å². The van der Waals surface area contributed by atoms with Crippen molar-refractivity contribution >= 4 is 17.4 Å². The summed E-state index contributed by atoms with van der Waals surface area (Å²) >= 11 is 0. The van der Waals surface area contributed by atoms with Crippen molar-refractivity contribution in [2.75, 3.05) is 0 Å². The van der Waals surface area contributed by atoms with Crippen molar-refractivity contribution in [2.45, 2.75) is 6.92 Å². The van der Waals surface area contributed by atoms with E-state index >= 15 is 0 Å². The molecule has 2 N–H and O–H groups in total. The van der Waals surface area contributed by atoms with Gasteiger partial charge in [0.05, 0.1) is 5.57 Å². The molecule has 1 amide bonds. The first-order chi connectivity index (χ1) is 7.11. The van der Waals surface area contributed by atoms with E-state index in [1.54, 1.807) is 30.3 Å². The minimum absolute atomic E-state index is 0.0609. The predicted octanol–water partition coefficient (Wildman–Crippen LogP) is 1.25. The molecule has 0 heterocycles. The van der Waals surface area contributed by atoms with E-state index in [2.05, 4.69) is 5.32 Å². The maximum atomic E-state index is 10.9. The predicted molar refractivity (Wildman–Crippen MR) is 55.9 cm³/mol. The molecule has 0 unspecified atom stereocenters. The van der Waals surface area contributed by atoms with Crippen LogP contribution in [0.5, 0.6) is 0 Å². The van der Waals surface area contributed by atoms with Crippen LogP contribution < -0.4 is 5.32 Å². The zero-order valence-corrected chi connectivity index (χ0v) is 8.23. The molecule has 0 aromatic heterocycles. The minimum Gasteiger partial charge on any atom is -0.478 e. The van der Waals surface area contributed by atoms with Crippen molar-refractivity contribution in [3.05, 3.63) is 42.1 Å². The molecular weight excluding hydrogens is 194 g/mol. The zero-order valence-electron chi connectivity index (χ0n) is 8.23. The smallest absolute Gasteiger partial charge is 0.337 e. The molecule has 0 aliphatic carbocycles. The third-order valence-corrected chi connectivity index (χ3v) is 1.73. The molecule has 0 aliphatic rings. The Morgan fingerprint density at radius 2 is 1.87 bits per heavy atom. The molecule has 0 atom stereocenters. The average molecular weight is 205 g/mol. The lowest BCUT2D eigenvalue weighted by molar-refractivity contribution is -0.130. The second kappa shape index (κ2) is 4.95. The molecule has 1 aromatic carbocycles. The van der Waals surface area contributed by atoms with Crippen molar-refractivity contribution in [1.82, 2.24) is 5.32 Å². The largest absolute Gasteiger partial charge is 0.478 e. The standard InChI is InChI=1S/C11H11NO3/c1-8(13)12-7-10(11(14)15)9-5-3-2-4-6-9/h2-7H,1H3,(H,12,13)(H,14,15)/b10-7-. The van der Waals surface area contributed by atoms with Gasteiger partial charge in [-0.25, -0.2) is 4.79 Å². The Hall–Kier alpha value is -2.10. The molecule has 0 aliphatic heterocycles. The molecule has 4 nitrogen and oxygen atoms in total. The van der Waals surface area contributed by atoms with Gasteiger partial charge in [-0.2, -0.15) is 0 Å². The Bertz CT molecular complexity index is 396. The normalized spacial score (nSPS) is 10.9. The Balaban J connectivity index is 2.99. The molecule has 78 valence electrons. The number of hydrogen-bond donors (Lipinski definition) is 2. The Labute approximate surface area is 87.2 Å². The van der Waals surface area contributed by atoms with Crippen LogP contribution in [0.3, 0.4) is 0 Å². The molecule has 0 bridgehead atoms. The van der Waals surface area contributed by atoms with Crippen LogP contribution in [-0.4, -0.2) is 17.0 Å². The van der Waals surface area contributed by atoms with Gasteiger partial charge in [-0.1, -0.05) is 30.3 Å². The molecule has 0 saturated heterocycles. The summed E-state index contributed by atoms with van der Waals surface area (Å²) in [4.78, 5) is 21.5. The van der Waals surface area contributed by atoms with Gasteiger partial charge >= 0.3 is 5.97 Å². The lowest BCUT2D eigenvalue weighted by atomic mass is 10.1. The van der Waals surface area contributed by atoms with Crippen LogP contribution in [0, 0.1) is 0 Å². The molecule has 15 heavy (non-hydrogen) atoms. The third kappa shape index (κ3) is 3.27. The van der Waals surface area contributed by atoms with Crippen LogP contribution in [0.2, 0.25) is 0 Å². The molecule has 4 heteroatoms. The number of benzene rings is 1. The van der Waals surface area contributed by atoms with E-state index in [0.717, 1.165) is 0 Å². The Kier molecular flexibility index (Phi) is 3.62. The minimum atomic E-state index is -1.07.